The number of carbonyl (C=O) groups is 1. The second kappa shape index (κ2) is 7.63. The molecule has 0 unspecified atom stereocenters. The van der Waals surface area contributed by atoms with Crippen LogP contribution in [0.2, 0.25) is 0 Å². The van der Waals surface area contributed by atoms with Crippen LogP contribution >= 0.6 is 0 Å². The van der Waals surface area contributed by atoms with E-state index in [1.165, 1.54) is 0 Å². The van der Waals surface area contributed by atoms with Gasteiger partial charge in [0, 0.05) is 4.92 Å². The van der Waals surface area contributed by atoms with Crippen molar-refractivity contribution in [3.05, 3.63) is 60.7 Å². The van der Waals surface area contributed by atoms with Crippen molar-refractivity contribution in [2.75, 3.05) is 6.54 Å². The highest BCUT2D eigenvalue weighted by molar-refractivity contribution is 5.69. The summed E-state index contributed by atoms with van der Waals surface area (Å²) in [7, 11) is 0. The van der Waals surface area contributed by atoms with Crippen LogP contribution in [0.5, 0.6) is 0 Å². The first-order valence-electron chi connectivity index (χ1n) is 5.80. The number of rotatable bonds is 11. The Morgan fingerprint density at radius 3 is 1.38 bits per heavy atom. The quantitative estimate of drug-likeness (QED) is 0.165. The van der Waals surface area contributed by atoms with Crippen LogP contribution in [0, 0.1) is 60.7 Å². The summed E-state index contributed by atoms with van der Waals surface area (Å²) in [6, 6.07) is 0. The van der Waals surface area contributed by atoms with E-state index < -0.39 is 66.5 Å². The molecule has 0 aromatic heterocycles. The van der Waals surface area contributed by atoms with E-state index in [1.54, 1.807) is 0 Å². The molecule has 0 N–H and O–H groups in total. The maximum Gasteiger partial charge on any atom is 0.700 e. The fraction of sp³-hybridized carbons (Fsp3) is 0.833. The Morgan fingerprint density at radius 2 is 1.12 bits per heavy atom. The van der Waals surface area contributed by atoms with E-state index in [9.17, 15) is 65.5 Å². The number of nitrogens with zero attached hydrogens (tertiary/aromatic N) is 6. The normalized spacial score (nSPS) is 11.2. The molecule has 0 aromatic rings. The summed E-state index contributed by atoms with van der Waals surface area (Å²) in [5.41, 5.74) is 0. The third kappa shape index (κ3) is 4.04. The minimum Gasteiger partial charge on any atom is -0.332 e. The zero-order valence-electron chi connectivity index (χ0n) is 12.0. The molecule has 144 valence electrons. The molecule has 0 saturated carbocycles. The molecular formula is C6H6N6O14. The number of carbonyl (C=O) groups excluding carboxylic acids is 1. The molecule has 0 aliphatic heterocycles. The van der Waals surface area contributed by atoms with E-state index in [4.69, 9.17) is 0 Å². The zero-order valence-corrected chi connectivity index (χ0v) is 12.0. The van der Waals surface area contributed by atoms with Crippen molar-refractivity contribution in [3.63, 3.8) is 0 Å². The lowest BCUT2D eigenvalue weighted by Gasteiger charge is -2.13. The second-order valence-electron chi connectivity index (χ2n) is 4.27. The van der Waals surface area contributed by atoms with E-state index >= 15 is 0 Å². The average Bonchev–Trinajstić information content (AvgIpc) is 2.44. The van der Waals surface area contributed by atoms with Gasteiger partial charge in [0.25, 0.3) is 0 Å². The minimum absolute atomic E-state index is 1.58. The van der Waals surface area contributed by atoms with Gasteiger partial charge in [-0.3, -0.25) is 65.5 Å². The molecule has 0 fully saturated rings. The number of esters is 1. The molecule has 0 radical (unpaired) electrons. The van der Waals surface area contributed by atoms with Gasteiger partial charge in [-0.2, -0.15) is 0 Å². The lowest BCUT2D eigenvalue weighted by Crippen LogP contribution is -2.56. The SMILES string of the molecule is O=C(CCC([N+](=O)[O-])([N+](=O)[O-])[N+](=O)[O-])OC(C[N+](=O)[O-])([N+](=O)[O-])[N+](=O)[O-]. The third-order valence-electron chi connectivity index (χ3n) is 2.72. The van der Waals surface area contributed by atoms with Crippen molar-refractivity contribution in [1.82, 2.24) is 0 Å². The van der Waals surface area contributed by atoms with Crippen LogP contribution in [-0.2, 0) is 9.53 Å². The van der Waals surface area contributed by atoms with E-state index in [1.807, 2.05) is 0 Å². The maximum absolute atomic E-state index is 11.4. The van der Waals surface area contributed by atoms with Crippen LogP contribution in [0.15, 0.2) is 0 Å². The molecular weight excluding hydrogens is 380 g/mol. The molecule has 0 bridgehead atoms. The highest BCUT2D eigenvalue weighted by Gasteiger charge is 2.71. The first-order chi connectivity index (χ1) is 11.7. The summed E-state index contributed by atoms with van der Waals surface area (Å²) in [5.74, 6) is -10.4. The van der Waals surface area contributed by atoms with Gasteiger partial charge in [0.15, 0.2) is 21.2 Å². The number of hydrogen-bond donors (Lipinski definition) is 0. The van der Waals surface area contributed by atoms with Gasteiger partial charge in [-0.15, -0.1) is 0 Å². The molecule has 0 spiro atoms. The summed E-state index contributed by atoms with van der Waals surface area (Å²) < 4.78 is 3.76. The molecule has 0 aliphatic rings. The summed E-state index contributed by atoms with van der Waals surface area (Å²) in [6.07, 6.45) is -3.44. The number of hydrogen-bond acceptors (Lipinski definition) is 14. The van der Waals surface area contributed by atoms with Gasteiger partial charge in [-0.05, 0) is 0 Å². The van der Waals surface area contributed by atoms with Gasteiger partial charge in [0.1, 0.15) is 9.85 Å². The molecule has 26 heavy (non-hydrogen) atoms. The Bertz CT molecular complexity index is 635. The van der Waals surface area contributed by atoms with Crippen LogP contribution in [0.25, 0.3) is 0 Å². The number of nitro groups is 6. The Kier molecular flexibility index (Phi) is 6.41. The summed E-state index contributed by atoms with van der Waals surface area (Å²) in [5, 5.41) is 63.6. The van der Waals surface area contributed by atoms with Crippen molar-refractivity contribution >= 4 is 5.97 Å². The Morgan fingerprint density at radius 1 is 0.731 bits per heavy atom. The Balaban J connectivity index is 5.61. The molecule has 0 aliphatic carbocycles. The summed E-state index contributed by atoms with van der Waals surface area (Å²) >= 11 is 0. The topological polar surface area (TPSA) is 285 Å². The van der Waals surface area contributed by atoms with Crippen LogP contribution in [0.1, 0.15) is 12.8 Å². The van der Waals surface area contributed by atoms with Crippen LogP contribution in [-0.4, -0.2) is 53.7 Å². The second-order valence-corrected chi connectivity index (χ2v) is 4.27. The molecule has 20 nitrogen and oxygen atoms in total. The lowest BCUT2D eigenvalue weighted by molar-refractivity contribution is -0.970. The Labute approximate surface area is 138 Å². The van der Waals surface area contributed by atoms with Gasteiger partial charge < -0.3 is 4.74 Å². The van der Waals surface area contributed by atoms with E-state index in [-0.39, 0.29) is 0 Å². The molecule has 0 heterocycles. The van der Waals surface area contributed by atoms with Crippen molar-refractivity contribution in [1.29, 1.82) is 0 Å². The first kappa shape index (κ1) is 21.9. The molecule has 0 saturated heterocycles. The lowest BCUT2D eigenvalue weighted by atomic mass is 10.2. The largest absolute Gasteiger partial charge is 0.700 e. The standard InChI is InChI=1S/C6H6N6O14/c13-4(1-2-5(8(16)17,9(18)19)10(20)21)26-6(11(22)23,12(24)25)3-7(14)15/h1-3H2. The summed E-state index contributed by atoms with van der Waals surface area (Å²) in [4.78, 5) is 63.7. The molecule has 0 atom stereocenters. The van der Waals surface area contributed by atoms with Gasteiger partial charge in [0.2, 0.25) is 0 Å². The van der Waals surface area contributed by atoms with Gasteiger partial charge >= 0.3 is 24.1 Å². The van der Waals surface area contributed by atoms with Crippen LogP contribution in [0.3, 0.4) is 0 Å². The van der Waals surface area contributed by atoms with Crippen molar-refractivity contribution in [2.45, 2.75) is 24.5 Å². The molecule has 0 aromatic carbocycles. The summed E-state index contributed by atoms with van der Waals surface area (Å²) in [6.45, 7) is -2.15. The molecule has 0 amide bonds. The minimum atomic E-state index is -4.13. The first-order valence-corrected chi connectivity index (χ1v) is 5.80. The molecule has 20 heteroatoms. The van der Waals surface area contributed by atoms with Gasteiger partial charge in [0.05, 0.1) is 6.42 Å². The van der Waals surface area contributed by atoms with Crippen LogP contribution < -0.4 is 0 Å². The van der Waals surface area contributed by atoms with Crippen LogP contribution in [0.4, 0.5) is 0 Å². The van der Waals surface area contributed by atoms with Crippen molar-refractivity contribution in [2.24, 2.45) is 0 Å². The van der Waals surface area contributed by atoms with E-state index in [0.717, 1.165) is 0 Å². The monoisotopic (exact) mass is 386 g/mol. The zero-order chi connectivity index (χ0) is 20.9. The van der Waals surface area contributed by atoms with Crippen molar-refractivity contribution in [3.8, 4) is 0 Å². The van der Waals surface area contributed by atoms with E-state index in [2.05, 4.69) is 4.74 Å². The maximum atomic E-state index is 11.4. The van der Waals surface area contributed by atoms with Gasteiger partial charge in [-0.1, -0.05) is 0 Å². The predicted molar refractivity (Wildman–Crippen MR) is 67.6 cm³/mol. The fourth-order valence-electron chi connectivity index (χ4n) is 1.43. The fourth-order valence-corrected chi connectivity index (χ4v) is 1.43. The van der Waals surface area contributed by atoms with Gasteiger partial charge in [-0.25, -0.2) is 0 Å². The molecule has 0 rings (SSSR count). The predicted octanol–water partition coefficient (Wildman–Crippen LogP) is -1.72. The third-order valence-corrected chi connectivity index (χ3v) is 2.72. The van der Waals surface area contributed by atoms with E-state index in [0.29, 0.717) is 0 Å². The number of ether oxygens (including phenoxy) is 1. The highest BCUT2D eigenvalue weighted by atomic mass is 16.8. The average molecular weight is 386 g/mol. The smallest absolute Gasteiger partial charge is 0.332 e. The highest BCUT2D eigenvalue weighted by Crippen LogP contribution is 2.22. The Hall–Kier alpha value is -4.13. The van der Waals surface area contributed by atoms with Crippen molar-refractivity contribution < 1.29 is 39.1 Å².